The normalized spacial score (nSPS) is 11.1. The molecule has 2 rings (SSSR count). The van der Waals surface area contributed by atoms with Gasteiger partial charge in [0.25, 0.3) is 6.01 Å². The van der Waals surface area contributed by atoms with Crippen molar-refractivity contribution in [2.24, 2.45) is 0 Å². The van der Waals surface area contributed by atoms with Crippen LogP contribution in [0.4, 0.5) is 6.01 Å². The summed E-state index contributed by atoms with van der Waals surface area (Å²) in [7, 11) is 0. The molecule has 2 N–H and O–H groups in total. The van der Waals surface area contributed by atoms with Gasteiger partial charge in [-0.25, -0.2) is 0 Å². The Morgan fingerprint density at radius 3 is 2.79 bits per heavy atom. The summed E-state index contributed by atoms with van der Waals surface area (Å²) >= 11 is 0. The highest BCUT2D eigenvalue weighted by molar-refractivity contribution is 5.56. The van der Waals surface area contributed by atoms with E-state index in [-0.39, 0.29) is 11.9 Å². The maximum Gasteiger partial charge on any atom is 0.292 e. The van der Waals surface area contributed by atoms with Crippen molar-refractivity contribution in [2.75, 3.05) is 5.73 Å². The van der Waals surface area contributed by atoms with Gasteiger partial charge >= 0.3 is 0 Å². The Kier molecular flexibility index (Phi) is 2.04. The van der Waals surface area contributed by atoms with Crippen molar-refractivity contribution < 1.29 is 8.83 Å². The second-order valence-electron chi connectivity index (χ2n) is 3.40. The van der Waals surface area contributed by atoms with Gasteiger partial charge < -0.3 is 14.6 Å². The molecule has 4 heteroatoms. The summed E-state index contributed by atoms with van der Waals surface area (Å²) in [5.41, 5.74) is 6.20. The van der Waals surface area contributed by atoms with Crippen LogP contribution in [-0.2, 0) is 0 Å². The summed E-state index contributed by atoms with van der Waals surface area (Å²) < 4.78 is 10.6. The number of hydrogen-bond acceptors (Lipinski definition) is 4. The van der Waals surface area contributed by atoms with Crippen LogP contribution in [0.2, 0.25) is 0 Å². The van der Waals surface area contributed by atoms with E-state index in [1.165, 1.54) is 0 Å². The van der Waals surface area contributed by atoms with Gasteiger partial charge in [0.2, 0.25) is 0 Å². The monoisotopic (exact) mass is 192 g/mol. The lowest BCUT2D eigenvalue weighted by Gasteiger charge is -2.00. The van der Waals surface area contributed by atoms with Crippen LogP contribution in [0, 0.1) is 0 Å². The molecule has 0 saturated heterocycles. The molecule has 0 aliphatic carbocycles. The van der Waals surface area contributed by atoms with Crippen molar-refractivity contribution in [1.82, 2.24) is 4.98 Å². The lowest BCUT2D eigenvalue weighted by Crippen LogP contribution is -1.87. The minimum atomic E-state index is 0.181. The average Bonchev–Trinajstić information content (AvgIpc) is 2.70. The van der Waals surface area contributed by atoms with E-state index in [2.05, 4.69) is 4.98 Å². The third-order valence-corrected chi connectivity index (χ3v) is 1.95. The Hall–Kier alpha value is -1.71. The minimum absolute atomic E-state index is 0.181. The Bertz CT molecular complexity index is 415. The lowest BCUT2D eigenvalue weighted by atomic mass is 10.1. The van der Waals surface area contributed by atoms with Gasteiger partial charge in [0.15, 0.2) is 5.76 Å². The number of hydrogen-bond donors (Lipinski definition) is 1. The summed E-state index contributed by atoms with van der Waals surface area (Å²) in [6.45, 7) is 4.04. The summed E-state index contributed by atoms with van der Waals surface area (Å²) in [6.07, 6.45) is 1.60. The molecule has 2 aromatic rings. The highest BCUT2D eigenvalue weighted by Gasteiger charge is 2.18. The molecule has 0 spiro atoms. The Morgan fingerprint density at radius 2 is 2.21 bits per heavy atom. The number of oxazole rings is 1. The topological polar surface area (TPSA) is 65.2 Å². The van der Waals surface area contributed by atoms with Gasteiger partial charge in [0.05, 0.1) is 6.26 Å². The molecule has 4 nitrogen and oxygen atoms in total. The van der Waals surface area contributed by atoms with E-state index >= 15 is 0 Å². The zero-order valence-electron chi connectivity index (χ0n) is 8.15. The van der Waals surface area contributed by atoms with E-state index in [0.717, 1.165) is 5.76 Å². The number of nitrogens with zero attached hydrogens (tertiary/aromatic N) is 1. The summed E-state index contributed by atoms with van der Waals surface area (Å²) in [5, 5.41) is 0. The molecule has 0 atom stereocenters. The predicted octanol–water partition coefficient (Wildman–Crippen LogP) is 2.64. The number of anilines is 1. The fourth-order valence-electron chi connectivity index (χ4n) is 1.33. The minimum Gasteiger partial charge on any atom is -0.463 e. The smallest absolute Gasteiger partial charge is 0.292 e. The van der Waals surface area contributed by atoms with E-state index in [4.69, 9.17) is 14.6 Å². The zero-order chi connectivity index (χ0) is 10.1. The molecule has 0 aliphatic heterocycles. The fourth-order valence-corrected chi connectivity index (χ4v) is 1.33. The second kappa shape index (κ2) is 3.21. The first-order chi connectivity index (χ1) is 6.68. The molecule has 0 fully saturated rings. The third kappa shape index (κ3) is 1.39. The number of furan rings is 1. The van der Waals surface area contributed by atoms with Crippen molar-refractivity contribution in [1.29, 1.82) is 0 Å². The highest BCUT2D eigenvalue weighted by atomic mass is 16.4. The van der Waals surface area contributed by atoms with Crippen LogP contribution >= 0.6 is 0 Å². The molecular formula is C10H12N2O2. The molecule has 0 radical (unpaired) electrons. The first kappa shape index (κ1) is 8.87. The fraction of sp³-hybridized carbons (Fsp3) is 0.300. The summed E-state index contributed by atoms with van der Waals surface area (Å²) in [6, 6.07) is 3.83. The van der Waals surface area contributed by atoms with Gasteiger partial charge in [-0.3, -0.25) is 0 Å². The van der Waals surface area contributed by atoms with Crippen LogP contribution < -0.4 is 5.73 Å². The van der Waals surface area contributed by atoms with Gasteiger partial charge in [0.1, 0.15) is 11.5 Å². The first-order valence-corrected chi connectivity index (χ1v) is 4.48. The van der Waals surface area contributed by atoms with Crippen molar-refractivity contribution >= 4 is 6.01 Å². The molecule has 74 valence electrons. The number of rotatable bonds is 2. The molecule has 0 aromatic carbocycles. The highest BCUT2D eigenvalue weighted by Crippen LogP contribution is 2.30. The lowest BCUT2D eigenvalue weighted by molar-refractivity contribution is 0.497. The molecule has 0 bridgehead atoms. The number of aromatic nitrogens is 1. The van der Waals surface area contributed by atoms with Gasteiger partial charge in [-0.05, 0) is 12.1 Å². The largest absolute Gasteiger partial charge is 0.463 e. The molecule has 0 amide bonds. The maximum atomic E-state index is 5.50. The summed E-state index contributed by atoms with van der Waals surface area (Å²) in [5.74, 6) is 1.69. The summed E-state index contributed by atoms with van der Waals surface area (Å²) in [4.78, 5) is 4.09. The third-order valence-electron chi connectivity index (χ3n) is 1.95. The van der Waals surface area contributed by atoms with E-state index in [9.17, 15) is 0 Å². The van der Waals surface area contributed by atoms with E-state index < -0.39 is 0 Å². The standard InChI is InChI=1S/C10H12N2O2/c1-6(2)9-8(12-10(11)14-9)7-4-3-5-13-7/h3-6H,1-2H3,(H2,11,12). The van der Waals surface area contributed by atoms with Crippen molar-refractivity contribution in [3.8, 4) is 11.5 Å². The van der Waals surface area contributed by atoms with Crippen LogP contribution in [0.3, 0.4) is 0 Å². The van der Waals surface area contributed by atoms with Crippen LogP contribution in [0.15, 0.2) is 27.2 Å². The van der Waals surface area contributed by atoms with Crippen LogP contribution in [0.25, 0.3) is 11.5 Å². The second-order valence-corrected chi connectivity index (χ2v) is 3.40. The molecule has 2 aromatic heterocycles. The molecule has 14 heavy (non-hydrogen) atoms. The van der Waals surface area contributed by atoms with Crippen molar-refractivity contribution in [2.45, 2.75) is 19.8 Å². The Morgan fingerprint density at radius 1 is 1.43 bits per heavy atom. The SMILES string of the molecule is CC(C)c1oc(N)nc1-c1ccco1. The van der Waals surface area contributed by atoms with Gasteiger partial charge in [-0.1, -0.05) is 13.8 Å². The van der Waals surface area contributed by atoms with E-state index in [0.29, 0.717) is 11.5 Å². The number of nitrogen functional groups attached to an aromatic ring is 1. The van der Waals surface area contributed by atoms with E-state index in [1.54, 1.807) is 6.26 Å². The molecule has 0 unspecified atom stereocenters. The number of nitrogens with two attached hydrogens (primary N) is 1. The van der Waals surface area contributed by atoms with Crippen LogP contribution in [0.1, 0.15) is 25.5 Å². The van der Waals surface area contributed by atoms with Gasteiger partial charge in [-0.15, -0.1) is 0 Å². The molecule has 2 heterocycles. The van der Waals surface area contributed by atoms with Crippen molar-refractivity contribution in [3.63, 3.8) is 0 Å². The first-order valence-electron chi connectivity index (χ1n) is 4.48. The maximum absolute atomic E-state index is 5.50. The predicted molar refractivity (Wildman–Crippen MR) is 52.7 cm³/mol. The molecular weight excluding hydrogens is 180 g/mol. The Balaban J connectivity index is 2.52. The Labute approximate surface area is 81.7 Å². The molecule has 0 aliphatic rings. The van der Waals surface area contributed by atoms with Gasteiger partial charge in [-0.2, -0.15) is 4.98 Å². The average molecular weight is 192 g/mol. The van der Waals surface area contributed by atoms with Crippen molar-refractivity contribution in [3.05, 3.63) is 24.2 Å². The van der Waals surface area contributed by atoms with E-state index in [1.807, 2.05) is 26.0 Å². The zero-order valence-corrected chi connectivity index (χ0v) is 8.15. The van der Waals surface area contributed by atoms with Crippen LogP contribution in [-0.4, -0.2) is 4.98 Å². The quantitative estimate of drug-likeness (QED) is 0.794. The van der Waals surface area contributed by atoms with Gasteiger partial charge in [0, 0.05) is 5.92 Å². The van der Waals surface area contributed by atoms with Crippen LogP contribution in [0.5, 0.6) is 0 Å². The molecule has 0 saturated carbocycles.